The Bertz CT molecular complexity index is 392. The van der Waals surface area contributed by atoms with Crippen molar-refractivity contribution in [2.45, 2.75) is 13.0 Å². The molecule has 0 radical (unpaired) electrons. The normalized spacial score (nSPS) is 21.7. The Kier molecular flexibility index (Phi) is 4.47. The third kappa shape index (κ3) is 4.70. The van der Waals surface area contributed by atoms with E-state index in [0.29, 0.717) is 13.1 Å². The number of hydrogen-bond acceptors (Lipinski definition) is 5. The highest BCUT2D eigenvalue weighted by Crippen LogP contribution is 2.04. The minimum Gasteiger partial charge on any atom is -0.480 e. The van der Waals surface area contributed by atoms with Gasteiger partial charge in [-0.1, -0.05) is 0 Å². The van der Waals surface area contributed by atoms with Gasteiger partial charge in [-0.3, -0.25) is 9.69 Å². The zero-order chi connectivity index (χ0) is 13.1. The number of aliphatic carboxylic acids is 1. The van der Waals surface area contributed by atoms with E-state index in [1.54, 1.807) is 4.90 Å². The van der Waals surface area contributed by atoms with Crippen LogP contribution in [0.1, 0.15) is 6.92 Å². The van der Waals surface area contributed by atoms with Crippen LogP contribution in [-0.2, 0) is 19.4 Å². The van der Waals surface area contributed by atoms with E-state index in [0.717, 1.165) is 0 Å². The first-order valence-electron chi connectivity index (χ1n) is 5.23. The van der Waals surface area contributed by atoms with Crippen molar-refractivity contribution in [3.05, 3.63) is 0 Å². The van der Waals surface area contributed by atoms with Crippen LogP contribution < -0.4 is 5.32 Å². The van der Waals surface area contributed by atoms with Crippen molar-refractivity contribution < 1.29 is 23.1 Å². The maximum Gasteiger partial charge on any atom is 0.327 e. The molecule has 1 heterocycles. The monoisotopic (exact) mass is 264 g/mol. The summed E-state index contributed by atoms with van der Waals surface area (Å²) in [5.41, 5.74) is 0. The largest absolute Gasteiger partial charge is 0.480 e. The van der Waals surface area contributed by atoms with E-state index < -0.39 is 27.8 Å². The topological polar surface area (TPSA) is 104 Å². The quantitative estimate of drug-likeness (QED) is 0.627. The van der Waals surface area contributed by atoms with Crippen molar-refractivity contribution in [2.75, 3.05) is 31.1 Å². The van der Waals surface area contributed by atoms with Gasteiger partial charge in [-0.05, 0) is 0 Å². The zero-order valence-electron chi connectivity index (χ0n) is 9.55. The number of amides is 1. The molecule has 1 unspecified atom stereocenters. The highest BCUT2D eigenvalue weighted by Gasteiger charge is 2.26. The Labute approximate surface area is 99.7 Å². The lowest BCUT2D eigenvalue weighted by molar-refractivity contribution is -0.142. The predicted octanol–water partition coefficient (Wildman–Crippen LogP) is -1.69. The van der Waals surface area contributed by atoms with Crippen molar-refractivity contribution in [2.24, 2.45) is 0 Å². The summed E-state index contributed by atoms with van der Waals surface area (Å²) in [6.45, 7) is 2.00. The average Bonchev–Trinajstić information content (AvgIpc) is 2.19. The van der Waals surface area contributed by atoms with Crippen LogP contribution in [0.4, 0.5) is 0 Å². The molecule has 98 valence electrons. The molecular formula is C9H16N2O5S. The van der Waals surface area contributed by atoms with Crippen LogP contribution in [0.5, 0.6) is 0 Å². The molecule has 1 aliphatic rings. The third-order valence-corrected chi connectivity index (χ3v) is 4.16. The Hall–Kier alpha value is -1.15. The summed E-state index contributed by atoms with van der Waals surface area (Å²) < 4.78 is 22.4. The van der Waals surface area contributed by atoms with E-state index in [9.17, 15) is 18.0 Å². The molecule has 0 aromatic rings. The maximum atomic E-state index is 11.2. The molecule has 2 N–H and O–H groups in total. The summed E-state index contributed by atoms with van der Waals surface area (Å²) in [5.74, 6) is -1.45. The molecule has 1 amide bonds. The molecule has 8 heteroatoms. The molecule has 7 nitrogen and oxygen atoms in total. The van der Waals surface area contributed by atoms with Crippen molar-refractivity contribution in [1.29, 1.82) is 0 Å². The number of nitrogens with zero attached hydrogens (tertiary/aromatic N) is 1. The van der Waals surface area contributed by atoms with E-state index in [1.165, 1.54) is 6.92 Å². The Balaban J connectivity index is 2.52. The minimum atomic E-state index is -2.97. The lowest BCUT2D eigenvalue weighted by Gasteiger charge is -2.28. The van der Waals surface area contributed by atoms with Gasteiger partial charge in [0.2, 0.25) is 5.91 Å². The Morgan fingerprint density at radius 1 is 1.35 bits per heavy atom. The zero-order valence-corrected chi connectivity index (χ0v) is 10.4. The van der Waals surface area contributed by atoms with Gasteiger partial charge < -0.3 is 10.4 Å². The van der Waals surface area contributed by atoms with Gasteiger partial charge in [0.25, 0.3) is 0 Å². The van der Waals surface area contributed by atoms with Gasteiger partial charge in [0.15, 0.2) is 9.84 Å². The number of carboxylic acid groups (broad SMARTS) is 1. The number of carboxylic acids is 1. The standard InChI is InChI=1S/C9H16N2O5S/c1-7(12)10-8(9(13)14)6-11-2-4-17(15,16)5-3-11/h8H,2-6H2,1H3,(H,10,12)(H,13,14). The van der Waals surface area contributed by atoms with E-state index in [-0.39, 0.29) is 18.1 Å². The van der Waals surface area contributed by atoms with Crippen LogP contribution in [-0.4, -0.2) is 67.5 Å². The van der Waals surface area contributed by atoms with Crippen LogP contribution >= 0.6 is 0 Å². The summed E-state index contributed by atoms with van der Waals surface area (Å²) in [5, 5.41) is 11.2. The second kappa shape index (κ2) is 5.46. The maximum absolute atomic E-state index is 11.2. The first kappa shape index (κ1) is 13.9. The molecule has 1 rings (SSSR count). The second-order valence-corrected chi connectivity index (χ2v) is 6.35. The number of nitrogens with one attached hydrogen (secondary N) is 1. The fourth-order valence-electron chi connectivity index (χ4n) is 1.62. The van der Waals surface area contributed by atoms with Gasteiger partial charge in [-0.2, -0.15) is 0 Å². The average molecular weight is 264 g/mol. The van der Waals surface area contributed by atoms with Crippen molar-refractivity contribution in [3.63, 3.8) is 0 Å². The second-order valence-electron chi connectivity index (χ2n) is 4.04. The van der Waals surface area contributed by atoms with Crippen molar-refractivity contribution in [3.8, 4) is 0 Å². The van der Waals surface area contributed by atoms with Crippen LogP contribution in [0.3, 0.4) is 0 Å². The van der Waals surface area contributed by atoms with Crippen LogP contribution in [0, 0.1) is 0 Å². The van der Waals surface area contributed by atoms with Crippen LogP contribution in [0.25, 0.3) is 0 Å². The van der Waals surface area contributed by atoms with Gasteiger partial charge in [0.1, 0.15) is 6.04 Å². The Morgan fingerprint density at radius 2 is 1.88 bits per heavy atom. The minimum absolute atomic E-state index is 0.0411. The third-order valence-electron chi connectivity index (χ3n) is 2.55. The fraction of sp³-hybridized carbons (Fsp3) is 0.778. The van der Waals surface area contributed by atoms with Gasteiger partial charge in [0.05, 0.1) is 11.5 Å². The molecule has 0 saturated carbocycles. The molecule has 0 bridgehead atoms. The molecule has 0 aliphatic carbocycles. The number of hydrogen-bond donors (Lipinski definition) is 2. The van der Waals surface area contributed by atoms with E-state index in [4.69, 9.17) is 5.11 Å². The molecule has 1 aliphatic heterocycles. The molecule has 0 aromatic heterocycles. The highest BCUT2D eigenvalue weighted by molar-refractivity contribution is 7.91. The van der Waals surface area contributed by atoms with E-state index in [1.807, 2.05) is 0 Å². The van der Waals surface area contributed by atoms with Crippen LogP contribution in [0.2, 0.25) is 0 Å². The number of rotatable bonds is 4. The summed E-state index contributed by atoms with van der Waals surface area (Å²) in [7, 11) is -2.97. The van der Waals surface area contributed by atoms with Crippen molar-refractivity contribution >= 4 is 21.7 Å². The van der Waals surface area contributed by atoms with Gasteiger partial charge in [-0.25, -0.2) is 13.2 Å². The van der Waals surface area contributed by atoms with Crippen molar-refractivity contribution in [1.82, 2.24) is 10.2 Å². The Morgan fingerprint density at radius 3 is 2.29 bits per heavy atom. The van der Waals surface area contributed by atoms with E-state index in [2.05, 4.69) is 5.32 Å². The smallest absolute Gasteiger partial charge is 0.327 e. The van der Waals surface area contributed by atoms with Gasteiger partial charge >= 0.3 is 5.97 Å². The molecule has 1 saturated heterocycles. The van der Waals surface area contributed by atoms with E-state index >= 15 is 0 Å². The molecule has 0 aromatic carbocycles. The number of carbonyl (C=O) groups is 2. The summed E-state index contributed by atoms with van der Waals surface area (Å²) in [6.07, 6.45) is 0. The van der Waals surface area contributed by atoms with Crippen LogP contribution in [0.15, 0.2) is 0 Å². The lowest BCUT2D eigenvalue weighted by Crippen LogP contribution is -2.51. The highest BCUT2D eigenvalue weighted by atomic mass is 32.2. The summed E-state index contributed by atoms with van der Waals surface area (Å²) in [4.78, 5) is 23.4. The lowest BCUT2D eigenvalue weighted by atomic mass is 10.2. The van der Waals surface area contributed by atoms with Gasteiger partial charge in [0, 0.05) is 26.6 Å². The first-order valence-corrected chi connectivity index (χ1v) is 7.05. The molecule has 1 fully saturated rings. The summed E-state index contributed by atoms with van der Waals surface area (Å²) >= 11 is 0. The molecular weight excluding hydrogens is 248 g/mol. The summed E-state index contributed by atoms with van der Waals surface area (Å²) in [6, 6.07) is -0.992. The predicted molar refractivity (Wildman–Crippen MR) is 60.3 cm³/mol. The number of carbonyl (C=O) groups excluding carboxylic acids is 1. The fourth-order valence-corrected chi connectivity index (χ4v) is 2.90. The first-order chi connectivity index (χ1) is 7.80. The number of sulfone groups is 1. The molecule has 17 heavy (non-hydrogen) atoms. The molecule has 1 atom stereocenters. The molecule has 0 spiro atoms. The van der Waals surface area contributed by atoms with Gasteiger partial charge in [-0.15, -0.1) is 0 Å². The SMILES string of the molecule is CC(=O)NC(CN1CCS(=O)(=O)CC1)C(=O)O.